The van der Waals surface area contributed by atoms with Crippen LogP contribution in [0.2, 0.25) is 0 Å². The molecule has 0 amide bonds. The molecule has 0 saturated heterocycles. The molecule has 7 heteroatoms. The number of carbonyl (C=O) groups is 2. The Morgan fingerprint density at radius 3 is 1.17 bits per heavy atom. The summed E-state index contributed by atoms with van der Waals surface area (Å²) in [4.78, 5) is 22.5. The highest BCUT2D eigenvalue weighted by Crippen LogP contribution is 2.17. The van der Waals surface area contributed by atoms with E-state index in [2.05, 4.69) is 28.4 Å². The summed E-state index contributed by atoms with van der Waals surface area (Å²) in [5.41, 5.74) is -3.35. The summed E-state index contributed by atoms with van der Waals surface area (Å²) in [6.45, 7) is 17.0. The minimum Gasteiger partial charge on any atom is -0.428 e. The molecule has 0 bridgehead atoms. The van der Waals surface area contributed by atoms with Crippen molar-refractivity contribution in [1.82, 2.24) is 0 Å². The second-order valence-corrected chi connectivity index (χ2v) is 8.65. The normalized spacial score (nSPS) is 11.4. The lowest BCUT2D eigenvalue weighted by atomic mass is 10.1. The maximum Gasteiger partial charge on any atom is 0.519 e. The van der Waals surface area contributed by atoms with Gasteiger partial charge in [0.1, 0.15) is 22.4 Å². The van der Waals surface area contributed by atoms with E-state index in [0.717, 1.165) is 0 Å². The molecule has 166 valence electrons. The SMILES string of the molecule is CC(C)(O)C#CC#CC(C)(C)O.CCC(C)(C)OC(=O)OC(=O)OC(C)(C)CC. The monoisotopic (exact) mass is 412 g/mol. The predicted molar refractivity (Wildman–Crippen MR) is 111 cm³/mol. The van der Waals surface area contributed by atoms with Gasteiger partial charge in [0.15, 0.2) is 0 Å². The van der Waals surface area contributed by atoms with E-state index in [4.69, 9.17) is 19.7 Å². The molecule has 0 aromatic rings. The Morgan fingerprint density at radius 2 is 0.966 bits per heavy atom. The molecule has 29 heavy (non-hydrogen) atoms. The zero-order valence-corrected chi connectivity index (χ0v) is 19.3. The maximum absolute atomic E-state index is 11.3. The first-order chi connectivity index (χ1) is 12.8. The first kappa shape index (κ1) is 29.0. The van der Waals surface area contributed by atoms with Gasteiger partial charge in [-0.2, -0.15) is 0 Å². The third-order valence-electron chi connectivity index (χ3n) is 3.39. The molecule has 0 aliphatic rings. The van der Waals surface area contributed by atoms with Gasteiger partial charge < -0.3 is 24.4 Å². The third-order valence-corrected chi connectivity index (χ3v) is 3.39. The molecular formula is C22H36O7. The molecule has 0 unspecified atom stereocenters. The zero-order chi connectivity index (χ0) is 23.5. The number of aliphatic hydroxyl groups is 2. The van der Waals surface area contributed by atoms with Crippen molar-refractivity contribution in [2.45, 2.75) is 104 Å². The average molecular weight is 413 g/mol. The van der Waals surface area contributed by atoms with Gasteiger partial charge >= 0.3 is 12.3 Å². The van der Waals surface area contributed by atoms with Crippen LogP contribution in [-0.4, -0.2) is 44.9 Å². The maximum atomic E-state index is 11.3. The van der Waals surface area contributed by atoms with Crippen molar-refractivity contribution < 1.29 is 34.0 Å². The van der Waals surface area contributed by atoms with Crippen molar-refractivity contribution in [3.05, 3.63) is 0 Å². The fourth-order valence-electron chi connectivity index (χ4n) is 1.07. The smallest absolute Gasteiger partial charge is 0.428 e. The summed E-state index contributed by atoms with van der Waals surface area (Å²) < 4.78 is 14.3. The van der Waals surface area contributed by atoms with Gasteiger partial charge in [-0.25, -0.2) is 9.59 Å². The van der Waals surface area contributed by atoms with Crippen molar-refractivity contribution in [3.63, 3.8) is 0 Å². The van der Waals surface area contributed by atoms with Crippen molar-refractivity contribution in [2.75, 3.05) is 0 Å². The van der Waals surface area contributed by atoms with Gasteiger partial charge in [0.05, 0.1) is 0 Å². The zero-order valence-electron chi connectivity index (χ0n) is 19.3. The molecule has 0 fully saturated rings. The summed E-state index contributed by atoms with van der Waals surface area (Å²) in [6.07, 6.45) is -0.822. The number of hydrogen-bond donors (Lipinski definition) is 2. The van der Waals surface area contributed by atoms with Crippen LogP contribution in [0.4, 0.5) is 9.59 Å². The number of rotatable bonds is 4. The van der Waals surface area contributed by atoms with E-state index in [1.807, 2.05) is 13.8 Å². The highest BCUT2D eigenvalue weighted by atomic mass is 16.8. The van der Waals surface area contributed by atoms with Gasteiger partial charge in [0.2, 0.25) is 0 Å². The number of hydrogen-bond acceptors (Lipinski definition) is 7. The van der Waals surface area contributed by atoms with Gasteiger partial charge in [0.25, 0.3) is 0 Å². The first-order valence-electron chi connectivity index (χ1n) is 9.45. The molecule has 0 rings (SSSR count). The van der Waals surface area contributed by atoms with E-state index in [1.165, 1.54) is 0 Å². The summed E-state index contributed by atoms with van der Waals surface area (Å²) in [7, 11) is 0. The Morgan fingerprint density at radius 1 is 0.690 bits per heavy atom. The van der Waals surface area contributed by atoms with Crippen LogP contribution in [0, 0.1) is 23.7 Å². The van der Waals surface area contributed by atoms with E-state index >= 15 is 0 Å². The fourth-order valence-corrected chi connectivity index (χ4v) is 1.07. The molecular weight excluding hydrogens is 376 g/mol. The van der Waals surface area contributed by atoms with E-state index in [0.29, 0.717) is 12.8 Å². The minimum atomic E-state index is -1.03. The van der Waals surface area contributed by atoms with E-state index in [9.17, 15) is 9.59 Å². The van der Waals surface area contributed by atoms with Crippen LogP contribution in [0.15, 0.2) is 0 Å². The molecule has 0 heterocycles. The summed E-state index contributed by atoms with van der Waals surface area (Å²) in [6, 6.07) is 0. The molecule has 7 nitrogen and oxygen atoms in total. The van der Waals surface area contributed by atoms with E-state index < -0.39 is 34.7 Å². The molecule has 0 saturated carbocycles. The first-order valence-corrected chi connectivity index (χ1v) is 9.45. The van der Waals surface area contributed by atoms with Crippen LogP contribution in [0.25, 0.3) is 0 Å². The predicted octanol–water partition coefficient (Wildman–Crippen LogP) is 4.19. The lowest BCUT2D eigenvalue weighted by molar-refractivity contribution is -0.0401. The number of ether oxygens (including phenoxy) is 3. The van der Waals surface area contributed by atoms with Gasteiger partial charge in [-0.05, 0) is 80.1 Å². The standard InChI is InChI=1S/C12H22O5.C10H14O2/c1-7-11(3,4)16-9(13)15-10(14)17-12(5,6)8-2;1-9(2,11)7-5-6-8-10(3,4)12/h7-8H2,1-6H3;11-12H,1-4H3. The van der Waals surface area contributed by atoms with Crippen molar-refractivity contribution in [2.24, 2.45) is 0 Å². The van der Waals surface area contributed by atoms with Crippen LogP contribution in [-0.2, 0) is 14.2 Å². The Labute approximate surface area is 175 Å². The van der Waals surface area contributed by atoms with Crippen LogP contribution in [0.3, 0.4) is 0 Å². The largest absolute Gasteiger partial charge is 0.519 e. The van der Waals surface area contributed by atoms with Gasteiger partial charge in [-0.15, -0.1) is 0 Å². The van der Waals surface area contributed by atoms with Crippen molar-refractivity contribution >= 4 is 12.3 Å². The molecule has 0 spiro atoms. The minimum absolute atomic E-state index is 0.623. The average Bonchev–Trinajstić information content (AvgIpc) is 2.49. The Hall–Kier alpha value is -2.22. The summed E-state index contributed by atoms with van der Waals surface area (Å²) >= 11 is 0. The fraction of sp³-hybridized carbons (Fsp3) is 0.727. The molecule has 0 atom stereocenters. The molecule has 0 aromatic carbocycles. The van der Waals surface area contributed by atoms with Crippen molar-refractivity contribution in [3.8, 4) is 23.7 Å². The second-order valence-electron chi connectivity index (χ2n) is 8.65. The van der Waals surface area contributed by atoms with Crippen LogP contribution in [0.1, 0.15) is 82.1 Å². The van der Waals surface area contributed by atoms with Gasteiger partial charge in [0, 0.05) is 0 Å². The van der Waals surface area contributed by atoms with Crippen LogP contribution < -0.4 is 0 Å². The third kappa shape index (κ3) is 20.3. The van der Waals surface area contributed by atoms with Gasteiger partial charge in [-0.3, -0.25) is 0 Å². The molecule has 2 N–H and O–H groups in total. The van der Waals surface area contributed by atoms with E-state index in [-0.39, 0.29) is 0 Å². The Kier molecular flexibility index (Phi) is 11.7. The molecule has 0 aliphatic heterocycles. The molecule has 0 aromatic heterocycles. The van der Waals surface area contributed by atoms with Crippen LogP contribution >= 0.6 is 0 Å². The topological polar surface area (TPSA) is 102 Å². The molecule has 0 aliphatic carbocycles. The van der Waals surface area contributed by atoms with Crippen LogP contribution in [0.5, 0.6) is 0 Å². The second kappa shape index (κ2) is 11.7. The lowest BCUT2D eigenvalue weighted by Crippen LogP contribution is -2.32. The highest BCUT2D eigenvalue weighted by Gasteiger charge is 2.27. The van der Waals surface area contributed by atoms with Crippen molar-refractivity contribution in [1.29, 1.82) is 0 Å². The Balaban J connectivity index is 0. The highest BCUT2D eigenvalue weighted by molar-refractivity contribution is 5.77. The van der Waals surface area contributed by atoms with E-state index in [1.54, 1.807) is 55.4 Å². The Bertz CT molecular complexity index is 596. The number of carbonyl (C=O) groups excluding carboxylic acids is 2. The molecule has 0 radical (unpaired) electrons. The lowest BCUT2D eigenvalue weighted by Gasteiger charge is -2.24. The summed E-state index contributed by atoms with van der Waals surface area (Å²) in [5, 5.41) is 18.3. The summed E-state index contributed by atoms with van der Waals surface area (Å²) in [5.74, 6) is 9.95. The quantitative estimate of drug-likeness (QED) is 0.405. The van der Waals surface area contributed by atoms with Gasteiger partial charge in [-0.1, -0.05) is 25.7 Å².